The number of morpholine rings is 1. The van der Waals surface area contributed by atoms with Crippen LogP contribution in [-0.4, -0.2) is 102 Å². The summed E-state index contributed by atoms with van der Waals surface area (Å²) in [5, 5.41) is 13.0. The average molecular weight is 459 g/mol. The monoisotopic (exact) mass is 458 g/mol. The number of hydrogen-bond acceptors (Lipinski definition) is 8. The van der Waals surface area contributed by atoms with Crippen molar-refractivity contribution in [2.45, 2.75) is 50.7 Å². The molecule has 0 radical (unpaired) electrons. The summed E-state index contributed by atoms with van der Waals surface area (Å²) in [6.07, 6.45) is 4.32. The first-order chi connectivity index (χ1) is 16.1. The lowest BCUT2D eigenvalue weighted by atomic mass is 10.1. The highest BCUT2D eigenvalue weighted by molar-refractivity contribution is 5.67. The van der Waals surface area contributed by atoms with Gasteiger partial charge < -0.3 is 24.8 Å². The summed E-state index contributed by atoms with van der Waals surface area (Å²) >= 11 is 0. The molecule has 4 aliphatic heterocycles. The van der Waals surface area contributed by atoms with E-state index in [9.17, 15) is 9.90 Å². The van der Waals surface area contributed by atoms with Gasteiger partial charge in [-0.05, 0) is 38.6 Å². The van der Waals surface area contributed by atoms with Gasteiger partial charge >= 0.3 is 12.1 Å². The molecule has 33 heavy (non-hydrogen) atoms. The van der Waals surface area contributed by atoms with Crippen molar-refractivity contribution >= 4 is 11.9 Å². The van der Waals surface area contributed by atoms with Crippen molar-refractivity contribution in [2.75, 3.05) is 64.0 Å². The molecule has 5 heterocycles. The van der Waals surface area contributed by atoms with Gasteiger partial charge in [0.1, 0.15) is 5.82 Å². The average Bonchev–Trinajstić information content (AvgIpc) is 3.54. The Kier molecular flexibility index (Phi) is 5.54. The van der Waals surface area contributed by atoms with Crippen LogP contribution in [0, 0.1) is 5.41 Å². The molecular formula is C23H34N6O4. The maximum absolute atomic E-state index is 11.7. The Bertz CT molecular complexity index is 889. The number of carboxylic acid groups (broad SMARTS) is 1. The number of nitrogens with zero attached hydrogens (tertiary/aromatic N) is 5. The topological polar surface area (TPSA) is 103 Å². The minimum atomic E-state index is -0.796. The molecule has 6 rings (SSSR count). The van der Waals surface area contributed by atoms with Crippen molar-refractivity contribution < 1.29 is 19.4 Å². The van der Waals surface area contributed by atoms with Gasteiger partial charge in [-0.15, -0.1) is 0 Å². The number of fused-ring (bicyclic) bond motifs is 3. The molecule has 1 aliphatic carbocycles. The van der Waals surface area contributed by atoms with Crippen LogP contribution in [0.15, 0.2) is 0 Å². The van der Waals surface area contributed by atoms with Gasteiger partial charge in [0.05, 0.1) is 37.6 Å². The van der Waals surface area contributed by atoms with E-state index in [1.54, 1.807) is 4.90 Å². The number of anilines is 1. The molecule has 1 aromatic rings. The molecular weight excluding hydrogens is 424 g/mol. The van der Waals surface area contributed by atoms with E-state index in [1.165, 1.54) is 18.4 Å². The molecule has 1 aromatic heterocycles. The Morgan fingerprint density at radius 3 is 2.64 bits per heavy atom. The highest BCUT2D eigenvalue weighted by atomic mass is 16.5. The molecule has 2 unspecified atom stereocenters. The van der Waals surface area contributed by atoms with Crippen LogP contribution in [0.5, 0.6) is 6.01 Å². The highest BCUT2D eigenvalue weighted by Crippen LogP contribution is 2.46. The zero-order valence-electron chi connectivity index (χ0n) is 19.2. The van der Waals surface area contributed by atoms with Crippen LogP contribution >= 0.6 is 0 Å². The molecule has 10 heteroatoms. The van der Waals surface area contributed by atoms with Gasteiger partial charge in [-0.25, -0.2) is 4.79 Å². The SMILES string of the molecule is O=C(O)N1C2CCC1CN(c1nc(OCC3(CN4CCOCC4)CC3)nc3c1CCNC3)C2. The molecule has 3 saturated heterocycles. The van der Waals surface area contributed by atoms with E-state index in [4.69, 9.17) is 19.4 Å². The number of amides is 1. The van der Waals surface area contributed by atoms with E-state index in [0.29, 0.717) is 25.7 Å². The fraction of sp³-hybridized carbons (Fsp3) is 0.783. The Labute approximate surface area is 194 Å². The van der Waals surface area contributed by atoms with Crippen LogP contribution in [0.25, 0.3) is 0 Å². The summed E-state index contributed by atoms with van der Waals surface area (Å²) in [6.45, 7) is 8.35. The Hall–Kier alpha value is -2.17. The van der Waals surface area contributed by atoms with E-state index < -0.39 is 6.09 Å². The first-order valence-corrected chi connectivity index (χ1v) is 12.4. The maximum atomic E-state index is 11.7. The molecule has 2 atom stereocenters. The van der Waals surface area contributed by atoms with Crippen molar-refractivity contribution in [1.29, 1.82) is 0 Å². The number of carbonyl (C=O) groups is 1. The van der Waals surface area contributed by atoms with Crippen molar-refractivity contribution in [2.24, 2.45) is 5.41 Å². The fourth-order valence-electron chi connectivity index (χ4n) is 6.01. The van der Waals surface area contributed by atoms with Crippen molar-refractivity contribution in [3.05, 3.63) is 11.3 Å². The minimum absolute atomic E-state index is 0.0428. The largest absolute Gasteiger partial charge is 0.465 e. The lowest BCUT2D eigenvalue weighted by Gasteiger charge is -2.41. The maximum Gasteiger partial charge on any atom is 0.407 e. The van der Waals surface area contributed by atoms with Crippen LogP contribution in [0.2, 0.25) is 0 Å². The summed E-state index contributed by atoms with van der Waals surface area (Å²) in [5.41, 5.74) is 2.42. The summed E-state index contributed by atoms with van der Waals surface area (Å²) in [4.78, 5) is 27.9. The van der Waals surface area contributed by atoms with Gasteiger partial charge in [-0.3, -0.25) is 9.80 Å². The molecule has 2 bridgehead atoms. The lowest BCUT2D eigenvalue weighted by Crippen LogP contribution is -2.56. The Morgan fingerprint density at radius 1 is 1.18 bits per heavy atom. The van der Waals surface area contributed by atoms with Gasteiger partial charge in [0.15, 0.2) is 0 Å². The van der Waals surface area contributed by atoms with Gasteiger partial charge in [0.2, 0.25) is 0 Å². The number of nitrogens with one attached hydrogen (secondary N) is 1. The molecule has 10 nitrogen and oxygen atoms in total. The predicted molar refractivity (Wildman–Crippen MR) is 121 cm³/mol. The van der Waals surface area contributed by atoms with E-state index in [-0.39, 0.29) is 17.5 Å². The fourth-order valence-corrected chi connectivity index (χ4v) is 6.01. The number of ether oxygens (including phenoxy) is 2. The van der Waals surface area contributed by atoms with E-state index in [0.717, 1.165) is 76.7 Å². The van der Waals surface area contributed by atoms with Crippen LogP contribution in [-0.2, 0) is 17.7 Å². The smallest absolute Gasteiger partial charge is 0.407 e. The summed E-state index contributed by atoms with van der Waals surface area (Å²) in [7, 11) is 0. The quantitative estimate of drug-likeness (QED) is 0.645. The Balaban J connectivity index is 1.19. The lowest BCUT2D eigenvalue weighted by molar-refractivity contribution is 0.0231. The first kappa shape index (κ1) is 21.4. The molecule has 1 saturated carbocycles. The van der Waals surface area contributed by atoms with E-state index in [2.05, 4.69) is 15.1 Å². The highest BCUT2D eigenvalue weighted by Gasteiger charge is 2.46. The number of rotatable bonds is 6. The van der Waals surface area contributed by atoms with Crippen molar-refractivity contribution in [3.8, 4) is 6.01 Å². The van der Waals surface area contributed by atoms with Gasteiger partial charge in [0.25, 0.3) is 0 Å². The molecule has 180 valence electrons. The van der Waals surface area contributed by atoms with Crippen LogP contribution in [0.1, 0.15) is 36.9 Å². The zero-order chi connectivity index (χ0) is 22.4. The second kappa shape index (κ2) is 8.56. The molecule has 2 N–H and O–H groups in total. The van der Waals surface area contributed by atoms with Gasteiger partial charge in [-0.1, -0.05) is 0 Å². The Morgan fingerprint density at radius 2 is 1.94 bits per heavy atom. The summed E-state index contributed by atoms with van der Waals surface area (Å²) in [6, 6.07) is 0.552. The van der Waals surface area contributed by atoms with Crippen LogP contribution in [0.4, 0.5) is 10.6 Å². The first-order valence-electron chi connectivity index (χ1n) is 12.4. The molecule has 4 fully saturated rings. The summed E-state index contributed by atoms with van der Waals surface area (Å²) < 4.78 is 11.7. The molecule has 5 aliphatic rings. The minimum Gasteiger partial charge on any atom is -0.465 e. The number of hydrogen-bond donors (Lipinski definition) is 2. The number of piperazine rings is 1. The number of aromatic nitrogens is 2. The standard InChI is InChI=1S/C23H34N6O4/c30-22(31)29-16-1-2-17(29)13-28(12-16)20-18-3-6-24-11-19(18)25-21(26-20)33-15-23(4-5-23)14-27-7-9-32-10-8-27/h16-17,24H,1-15H2,(H,30,31). The van der Waals surface area contributed by atoms with Crippen LogP contribution in [0.3, 0.4) is 0 Å². The third kappa shape index (κ3) is 4.24. The molecule has 0 spiro atoms. The zero-order valence-corrected chi connectivity index (χ0v) is 19.2. The van der Waals surface area contributed by atoms with E-state index >= 15 is 0 Å². The molecule has 1 amide bonds. The van der Waals surface area contributed by atoms with E-state index in [1.807, 2.05) is 0 Å². The third-order valence-electron chi connectivity index (χ3n) is 8.02. The van der Waals surface area contributed by atoms with Crippen molar-refractivity contribution in [1.82, 2.24) is 25.1 Å². The normalized spacial score (nSPS) is 28.5. The van der Waals surface area contributed by atoms with Gasteiger partial charge in [-0.2, -0.15) is 9.97 Å². The summed E-state index contributed by atoms with van der Waals surface area (Å²) in [5.74, 6) is 0.955. The predicted octanol–water partition coefficient (Wildman–Crippen LogP) is 0.945. The van der Waals surface area contributed by atoms with Gasteiger partial charge in [0, 0.05) is 50.2 Å². The second-order valence-corrected chi connectivity index (χ2v) is 10.3. The van der Waals surface area contributed by atoms with Crippen molar-refractivity contribution in [3.63, 3.8) is 0 Å². The molecule has 0 aromatic carbocycles. The van der Waals surface area contributed by atoms with Crippen LogP contribution < -0.4 is 15.0 Å². The second-order valence-electron chi connectivity index (χ2n) is 10.3. The third-order valence-corrected chi connectivity index (χ3v) is 8.02.